The summed E-state index contributed by atoms with van der Waals surface area (Å²) in [4.78, 5) is 53.0. The van der Waals surface area contributed by atoms with Gasteiger partial charge in [-0.2, -0.15) is 0 Å². The van der Waals surface area contributed by atoms with Gasteiger partial charge in [0.2, 0.25) is 11.8 Å². The van der Waals surface area contributed by atoms with E-state index in [0.29, 0.717) is 6.42 Å². The monoisotopic (exact) mass is 640 g/mol. The highest BCUT2D eigenvalue weighted by Crippen LogP contribution is 2.15. The van der Waals surface area contributed by atoms with Crippen molar-refractivity contribution in [3.63, 3.8) is 0 Å². The van der Waals surface area contributed by atoms with Crippen molar-refractivity contribution < 1.29 is 33.8 Å². The average molecular weight is 641 g/mol. The highest BCUT2D eigenvalue weighted by Gasteiger charge is 2.33. The maximum atomic E-state index is 13.6. The van der Waals surface area contributed by atoms with E-state index < -0.39 is 53.8 Å². The molecule has 0 spiro atoms. The first-order valence-electron chi connectivity index (χ1n) is 15.9. The fraction of sp³-hybridized carbons (Fsp3) is 0.543. The molecule has 2 aromatic carbocycles. The lowest BCUT2D eigenvalue weighted by atomic mass is 9.94. The Morgan fingerprint density at radius 3 is 1.85 bits per heavy atom. The lowest BCUT2D eigenvalue weighted by Crippen LogP contribution is -2.57. The average Bonchev–Trinajstić information content (AvgIpc) is 3.00. The third-order valence-electron chi connectivity index (χ3n) is 7.55. The zero-order valence-electron chi connectivity index (χ0n) is 28.2. The van der Waals surface area contributed by atoms with E-state index in [4.69, 9.17) is 9.47 Å². The Kier molecular flexibility index (Phi) is 15.5. The van der Waals surface area contributed by atoms with Crippen LogP contribution in [0.3, 0.4) is 0 Å². The molecule has 11 heteroatoms. The van der Waals surface area contributed by atoms with Crippen LogP contribution >= 0.6 is 0 Å². The van der Waals surface area contributed by atoms with Gasteiger partial charge in [0.05, 0.1) is 24.7 Å². The Balaban J connectivity index is 2.36. The molecule has 0 fully saturated rings. The van der Waals surface area contributed by atoms with Gasteiger partial charge in [-0.15, -0.1) is 0 Å². The first kappa shape index (κ1) is 38.1. The Labute approximate surface area is 273 Å². The second-order valence-electron chi connectivity index (χ2n) is 12.9. The van der Waals surface area contributed by atoms with E-state index >= 15 is 0 Å². The van der Waals surface area contributed by atoms with Crippen molar-refractivity contribution in [1.29, 1.82) is 0 Å². The van der Waals surface area contributed by atoms with E-state index in [1.54, 1.807) is 20.8 Å². The van der Waals surface area contributed by atoms with Gasteiger partial charge in [-0.25, -0.2) is 9.59 Å². The standard InChI is InChI=1S/C35H52N4O7/c1-8-24(4)31(32(42)36-29(21-40)23(2)3)39-30(41)20-28(37-33(43)45-22-26-17-13-10-14-18-26)27(19-25-15-11-9-12-16-25)38-34(44)46-35(5,6)7/h9-18,23-24,27-29,31,40H,8,19-22H2,1-7H3,(H,36,42)(H,37,43)(H,38,44)(H,39,41)/t24-,27-,28-,29+,31-/m0/s1. The van der Waals surface area contributed by atoms with Crippen LogP contribution in [-0.2, 0) is 32.1 Å². The Bertz CT molecular complexity index is 1230. The SMILES string of the molecule is CC[C@H](C)[C@H](NC(=O)C[C@H](NC(=O)OCc1ccccc1)[C@H](Cc1ccccc1)NC(=O)OC(C)(C)C)C(=O)N[C@H](CO)C(C)C. The predicted molar refractivity (Wildman–Crippen MR) is 177 cm³/mol. The number of aliphatic hydroxyl groups excluding tert-OH is 1. The minimum atomic E-state index is -0.947. The molecule has 11 nitrogen and oxygen atoms in total. The number of amides is 4. The van der Waals surface area contributed by atoms with Gasteiger partial charge in [-0.1, -0.05) is 94.8 Å². The van der Waals surface area contributed by atoms with Crippen LogP contribution in [0.15, 0.2) is 60.7 Å². The summed E-state index contributed by atoms with van der Waals surface area (Å²) in [5.41, 5.74) is 0.855. The van der Waals surface area contributed by atoms with Crippen LogP contribution in [0, 0.1) is 11.8 Å². The number of benzene rings is 2. The number of hydrogen-bond acceptors (Lipinski definition) is 7. The summed E-state index contributed by atoms with van der Waals surface area (Å²) < 4.78 is 11.0. The summed E-state index contributed by atoms with van der Waals surface area (Å²) in [6.45, 7) is 12.5. The minimum absolute atomic E-state index is 0.00652. The number of carbonyl (C=O) groups excluding carboxylic acids is 4. The van der Waals surface area contributed by atoms with Gasteiger partial charge >= 0.3 is 12.2 Å². The quantitative estimate of drug-likeness (QED) is 0.181. The molecule has 4 amide bonds. The molecule has 2 aromatic rings. The van der Waals surface area contributed by atoms with Gasteiger partial charge in [0.25, 0.3) is 0 Å². The highest BCUT2D eigenvalue weighted by atomic mass is 16.6. The molecule has 5 atom stereocenters. The number of alkyl carbamates (subject to hydrolysis) is 2. The number of nitrogens with one attached hydrogen (secondary N) is 4. The second kappa shape index (κ2) is 18.8. The van der Waals surface area contributed by atoms with Crippen LogP contribution in [0.2, 0.25) is 0 Å². The molecule has 5 N–H and O–H groups in total. The lowest BCUT2D eigenvalue weighted by Gasteiger charge is -2.31. The molecule has 0 heterocycles. The van der Waals surface area contributed by atoms with E-state index in [1.165, 1.54) is 0 Å². The van der Waals surface area contributed by atoms with Gasteiger partial charge in [-0.05, 0) is 50.2 Å². The summed E-state index contributed by atoms with van der Waals surface area (Å²) in [7, 11) is 0. The van der Waals surface area contributed by atoms with E-state index in [1.807, 2.05) is 88.4 Å². The van der Waals surface area contributed by atoms with E-state index in [0.717, 1.165) is 11.1 Å². The summed E-state index contributed by atoms with van der Waals surface area (Å²) in [5, 5.41) is 21.1. The molecule has 0 aliphatic heterocycles. The van der Waals surface area contributed by atoms with Gasteiger partial charge in [0.15, 0.2) is 0 Å². The highest BCUT2D eigenvalue weighted by molar-refractivity contribution is 5.88. The van der Waals surface area contributed by atoms with Crippen molar-refractivity contribution in [3.05, 3.63) is 71.8 Å². The van der Waals surface area contributed by atoms with E-state index in [9.17, 15) is 24.3 Å². The van der Waals surface area contributed by atoms with Crippen molar-refractivity contribution >= 4 is 24.0 Å². The van der Waals surface area contributed by atoms with Crippen LogP contribution in [0.25, 0.3) is 0 Å². The Morgan fingerprint density at radius 2 is 1.33 bits per heavy atom. The maximum Gasteiger partial charge on any atom is 0.407 e. The molecule has 2 rings (SSSR count). The molecule has 0 saturated heterocycles. The largest absolute Gasteiger partial charge is 0.445 e. The molecule has 46 heavy (non-hydrogen) atoms. The molecule has 254 valence electrons. The molecule has 0 aromatic heterocycles. The summed E-state index contributed by atoms with van der Waals surface area (Å²) in [5.74, 6) is -1.16. The van der Waals surface area contributed by atoms with Crippen molar-refractivity contribution in [3.8, 4) is 0 Å². The van der Waals surface area contributed by atoms with Crippen LogP contribution < -0.4 is 21.3 Å². The third kappa shape index (κ3) is 13.9. The van der Waals surface area contributed by atoms with E-state index in [2.05, 4.69) is 21.3 Å². The molecular weight excluding hydrogens is 588 g/mol. The first-order valence-corrected chi connectivity index (χ1v) is 15.9. The fourth-order valence-corrected chi connectivity index (χ4v) is 4.66. The second-order valence-corrected chi connectivity index (χ2v) is 12.9. The van der Waals surface area contributed by atoms with Crippen molar-refractivity contribution in [2.75, 3.05) is 6.61 Å². The van der Waals surface area contributed by atoms with Crippen molar-refractivity contribution in [2.45, 2.75) is 104 Å². The molecule has 0 saturated carbocycles. The van der Waals surface area contributed by atoms with Crippen LogP contribution in [0.1, 0.15) is 72.4 Å². The van der Waals surface area contributed by atoms with Crippen molar-refractivity contribution in [2.24, 2.45) is 11.8 Å². The number of rotatable bonds is 16. The summed E-state index contributed by atoms with van der Waals surface area (Å²) in [6, 6.07) is 15.4. The summed E-state index contributed by atoms with van der Waals surface area (Å²) >= 11 is 0. The minimum Gasteiger partial charge on any atom is -0.445 e. The number of hydrogen-bond donors (Lipinski definition) is 5. The molecule has 0 bridgehead atoms. The Hall–Kier alpha value is -4.12. The van der Waals surface area contributed by atoms with E-state index in [-0.39, 0.29) is 37.9 Å². The molecule has 0 radical (unpaired) electrons. The number of carbonyl (C=O) groups is 4. The van der Waals surface area contributed by atoms with Crippen LogP contribution in [0.5, 0.6) is 0 Å². The molecule has 0 aliphatic rings. The normalized spacial score (nSPS) is 14.6. The molecule has 0 aliphatic carbocycles. The zero-order valence-corrected chi connectivity index (χ0v) is 28.2. The Morgan fingerprint density at radius 1 is 0.761 bits per heavy atom. The summed E-state index contributed by atoms with van der Waals surface area (Å²) in [6.07, 6.45) is -0.891. The first-order chi connectivity index (χ1) is 21.7. The van der Waals surface area contributed by atoms with Crippen LogP contribution in [0.4, 0.5) is 9.59 Å². The van der Waals surface area contributed by atoms with Gasteiger partial charge < -0.3 is 35.8 Å². The van der Waals surface area contributed by atoms with Gasteiger partial charge in [0.1, 0.15) is 18.2 Å². The lowest BCUT2D eigenvalue weighted by molar-refractivity contribution is -0.131. The third-order valence-corrected chi connectivity index (χ3v) is 7.55. The van der Waals surface area contributed by atoms with Gasteiger partial charge in [-0.3, -0.25) is 9.59 Å². The van der Waals surface area contributed by atoms with Crippen LogP contribution in [-0.4, -0.2) is 65.5 Å². The smallest absolute Gasteiger partial charge is 0.407 e. The molecular formula is C35H52N4O7. The fourth-order valence-electron chi connectivity index (χ4n) is 4.66. The zero-order chi connectivity index (χ0) is 34.3. The topological polar surface area (TPSA) is 155 Å². The van der Waals surface area contributed by atoms with Crippen molar-refractivity contribution in [1.82, 2.24) is 21.3 Å². The predicted octanol–water partition coefficient (Wildman–Crippen LogP) is 4.47. The maximum absolute atomic E-state index is 13.6. The molecule has 0 unspecified atom stereocenters. The van der Waals surface area contributed by atoms with Gasteiger partial charge in [0, 0.05) is 6.42 Å². The number of ether oxygens (including phenoxy) is 2. The number of aliphatic hydroxyl groups is 1.